The van der Waals surface area contributed by atoms with Crippen molar-refractivity contribution in [3.05, 3.63) is 77.4 Å². The topological polar surface area (TPSA) is 46.0 Å². The first-order valence-electron chi connectivity index (χ1n) is 10.4. The van der Waals surface area contributed by atoms with Gasteiger partial charge in [0.25, 0.3) is 0 Å². The number of hydrogen-bond acceptors (Lipinski definition) is 4. The minimum absolute atomic E-state index is 0.0922. The van der Waals surface area contributed by atoms with Crippen LogP contribution in [0.1, 0.15) is 42.8 Å². The quantitative estimate of drug-likeness (QED) is 0.661. The first kappa shape index (κ1) is 20.6. The highest BCUT2D eigenvalue weighted by molar-refractivity contribution is 5.37. The molecule has 1 N–H and O–H groups in total. The van der Waals surface area contributed by atoms with Gasteiger partial charge in [0.1, 0.15) is 11.5 Å². The fourth-order valence-corrected chi connectivity index (χ4v) is 4.17. The van der Waals surface area contributed by atoms with Gasteiger partial charge in [0.15, 0.2) is 5.82 Å². The van der Waals surface area contributed by atoms with Gasteiger partial charge < -0.3 is 5.32 Å². The highest BCUT2D eigenvalue weighted by Gasteiger charge is 2.23. The van der Waals surface area contributed by atoms with Crippen molar-refractivity contribution in [2.24, 2.45) is 0 Å². The average Bonchev–Trinajstić information content (AvgIpc) is 3.11. The summed E-state index contributed by atoms with van der Waals surface area (Å²) in [6, 6.07) is 10.1. The van der Waals surface area contributed by atoms with Crippen LogP contribution in [-0.4, -0.2) is 38.8 Å². The van der Waals surface area contributed by atoms with Crippen molar-refractivity contribution in [3.8, 4) is 5.69 Å². The van der Waals surface area contributed by atoms with E-state index in [4.69, 9.17) is 0 Å². The molecule has 0 amide bonds. The lowest BCUT2D eigenvalue weighted by atomic mass is 10.0. The fourth-order valence-electron chi connectivity index (χ4n) is 4.17. The van der Waals surface area contributed by atoms with E-state index < -0.39 is 11.6 Å². The lowest BCUT2D eigenvalue weighted by molar-refractivity contribution is 0.183. The van der Waals surface area contributed by atoms with Crippen molar-refractivity contribution in [3.63, 3.8) is 0 Å². The van der Waals surface area contributed by atoms with E-state index >= 15 is 0 Å². The molecule has 0 radical (unpaired) electrons. The van der Waals surface area contributed by atoms with Crippen LogP contribution in [0.25, 0.3) is 5.69 Å². The van der Waals surface area contributed by atoms with Gasteiger partial charge in [0, 0.05) is 55.2 Å². The average molecular weight is 412 g/mol. The number of pyridine rings is 1. The van der Waals surface area contributed by atoms with Crippen molar-refractivity contribution in [2.45, 2.75) is 45.3 Å². The summed E-state index contributed by atoms with van der Waals surface area (Å²) in [7, 11) is 0. The van der Waals surface area contributed by atoms with Crippen LogP contribution in [0.2, 0.25) is 0 Å². The van der Waals surface area contributed by atoms with Crippen LogP contribution < -0.4 is 5.32 Å². The molecule has 1 atom stereocenters. The molecule has 1 saturated heterocycles. The Morgan fingerprint density at radius 3 is 2.67 bits per heavy atom. The molecule has 1 aromatic carbocycles. The van der Waals surface area contributed by atoms with E-state index in [2.05, 4.69) is 33.3 Å². The van der Waals surface area contributed by atoms with Crippen LogP contribution in [0.15, 0.2) is 48.8 Å². The second-order valence-electron chi connectivity index (χ2n) is 7.95. The summed E-state index contributed by atoms with van der Waals surface area (Å²) < 4.78 is 28.9. The molecule has 1 aliphatic heterocycles. The third-order valence-electron chi connectivity index (χ3n) is 5.84. The van der Waals surface area contributed by atoms with Crippen LogP contribution in [0.3, 0.4) is 0 Å². The van der Waals surface area contributed by atoms with Crippen molar-refractivity contribution in [1.29, 1.82) is 0 Å². The first-order valence-corrected chi connectivity index (χ1v) is 10.4. The van der Waals surface area contributed by atoms with E-state index in [1.54, 1.807) is 6.20 Å². The summed E-state index contributed by atoms with van der Waals surface area (Å²) >= 11 is 0. The highest BCUT2D eigenvalue weighted by Crippen LogP contribution is 2.24. The summed E-state index contributed by atoms with van der Waals surface area (Å²) in [6.45, 7) is 6.96. The fraction of sp³-hybridized carbons (Fsp3) is 0.391. The molecule has 1 unspecified atom stereocenters. The molecule has 0 saturated carbocycles. The Kier molecular flexibility index (Phi) is 6.20. The van der Waals surface area contributed by atoms with Crippen LogP contribution in [0, 0.1) is 18.6 Å². The Morgan fingerprint density at radius 1 is 1.17 bits per heavy atom. The third-order valence-corrected chi connectivity index (χ3v) is 5.84. The normalized spacial score (nSPS) is 16.7. The van der Waals surface area contributed by atoms with Gasteiger partial charge in [-0.2, -0.15) is 5.10 Å². The van der Waals surface area contributed by atoms with Gasteiger partial charge in [0.2, 0.25) is 0 Å². The smallest absolute Gasteiger partial charge is 0.151 e. The summed E-state index contributed by atoms with van der Waals surface area (Å²) in [6.07, 6.45) is 5.74. The summed E-state index contributed by atoms with van der Waals surface area (Å²) in [4.78, 5) is 6.85. The van der Waals surface area contributed by atoms with E-state index in [0.29, 0.717) is 6.04 Å². The zero-order valence-electron chi connectivity index (χ0n) is 17.4. The minimum atomic E-state index is -0.617. The maximum atomic E-state index is 14.2. The number of rotatable bonds is 6. The second-order valence-corrected chi connectivity index (χ2v) is 7.95. The molecule has 4 rings (SSSR count). The molecule has 158 valence electrons. The van der Waals surface area contributed by atoms with Crippen LogP contribution >= 0.6 is 0 Å². The predicted octanol–water partition coefficient (Wildman–Crippen LogP) is 4.17. The van der Waals surface area contributed by atoms with Crippen molar-refractivity contribution >= 4 is 0 Å². The van der Waals surface area contributed by atoms with Gasteiger partial charge in [-0.15, -0.1) is 0 Å². The van der Waals surface area contributed by atoms with E-state index in [1.165, 1.54) is 16.8 Å². The standard InChI is InChI=1S/C23H27F2N5/c1-16(21-14-27-30(17(21)2)23-7-6-18(24)13-22(23)25)28-19-8-11-29(12-9-19)15-20-5-3-4-10-26-20/h3-7,10,13-14,16,19,28H,8-9,11-12,15H2,1-2H3. The van der Waals surface area contributed by atoms with E-state index in [0.717, 1.165) is 55.5 Å². The van der Waals surface area contributed by atoms with Crippen LogP contribution in [0.5, 0.6) is 0 Å². The van der Waals surface area contributed by atoms with E-state index in [1.807, 2.05) is 25.3 Å². The summed E-state index contributed by atoms with van der Waals surface area (Å²) in [5.41, 5.74) is 3.24. The van der Waals surface area contributed by atoms with Gasteiger partial charge in [-0.1, -0.05) is 6.07 Å². The maximum Gasteiger partial charge on any atom is 0.151 e. The van der Waals surface area contributed by atoms with E-state index in [-0.39, 0.29) is 11.7 Å². The molecule has 30 heavy (non-hydrogen) atoms. The van der Waals surface area contributed by atoms with Crippen LogP contribution in [-0.2, 0) is 6.54 Å². The zero-order chi connectivity index (χ0) is 21.1. The highest BCUT2D eigenvalue weighted by atomic mass is 19.1. The number of piperidine rings is 1. The molecule has 7 heteroatoms. The van der Waals surface area contributed by atoms with Crippen molar-refractivity contribution in [2.75, 3.05) is 13.1 Å². The van der Waals surface area contributed by atoms with E-state index in [9.17, 15) is 8.78 Å². The summed E-state index contributed by atoms with van der Waals surface area (Å²) in [5.74, 6) is -1.21. The number of likely N-dealkylation sites (tertiary alicyclic amines) is 1. The van der Waals surface area contributed by atoms with Crippen molar-refractivity contribution in [1.82, 2.24) is 25.0 Å². The maximum absolute atomic E-state index is 14.2. The molecule has 0 aliphatic carbocycles. The second kappa shape index (κ2) is 9.02. The van der Waals surface area contributed by atoms with Gasteiger partial charge in [-0.25, -0.2) is 13.5 Å². The molecule has 2 aromatic heterocycles. The Labute approximate surface area is 175 Å². The number of halogens is 2. The number of aromatic nitrogens is 3. The Morgan fingerprint density at radius 2 is 1.97 bits per heavy atom. The Hall–Kier alpha value is -2.64. The summed E-state index contributed by atoms with van der Waals surface area (Å²) in [5, 5.41) is 8.05. The monoisotopic (exact) mass is 411 g/mol. The minimum Gasteiger partial charge on any atom is -0.307 e. The molecule has 0 bridgehead atoms. The lowest BCUT2D eigenvalue weighted by Gasteiger charge is -2.33. The van der Waals surface area contributed by atoms with Gasteiger partial charge in [0.05, 0.1) is 11.9 Å². The third kappa shape index (κ3) is 4.57. The molecule has 0 spiro atoms. The van der Waals surface area contributed by atoms with Gasteiger partial charge in [-0.3, -0.25) is 9.88 Å². The number of hydrogen-bond donors (Lipinski definition) is 1. The molecular weight excluding hydrogens is 384 g/mol. The first-order chi connectivity index (χ1) is 14.5. The van der Waals surface area contributed by atoms with Gasteiger partial charge in [-0.05, 0) is 51.0 Å². The SMILES string of the molecule is Cc1c(C(C)NC2CCN(Cc3ccccn3)CC2)cnn1-c1ccc(F)cc1F. The zero-order valence-corrected chi connectivity index (χ0v) is 17.4. The molecule has 1 aliphatic rings. The number of nitrogens with one attached hydrogen (secondary N) is 1. The predicted molar refractivity (Wildman–Crippen MR) is 112 cm³/mol. The van der Waals surface area contributed by atoms with Crippen LogP contribution in [0.4, 0.5) is 8.78 Å². The Bertz CT molecular complexity index is 981. The number of benzene rings is 1. The molecule has 1 fully saturated rings. The van der Waals surface area contributed by atoms with Crippen molar-refractivity contribution < 1.29 is 8.78 Å². The molecule has 3 heterocycles. The Balaban J connectivity index is 1.36. The van der Waals surface area contributed by atoms with Gasteiger partial charge >= 0.3 is 0 Å². The molecule has 5 nitrogen and oxygen atoms in total. The molecular formula is C23H27F2N5. The largest absolute Gasteiger partial charge is 0.307 e. The molecule has 3 aromatic rings. The number of nitrogens with zero attached hydrogens (tertiary/aromatic N) is 4. The lowest BCUT2D eigenvalue weighted by Crippen LogP contribution is -2.43.